The van der Waals surface area contributed by atoms with Gasteiger partial charge in [0.1, 0.15) is 12.4 Å². The molecule has 0 saturated carbocycles. The van der Waals surface area contributed by atoms with Gasteiger partial charge in [0.25, 0.3) is 12.9 Å². The van der Waals surface area contributed by atoms with Crippen molar-refractivity contribution in [3.8, 4) is 41.4 Å². The number of ether oxygens (including phenoxy) is 2. The highest BCUT2D eigenvalue weighted by Crippen LogP contribution is 2.19. The number of aromatic carboxylic acids is 1. The van der Waals surface area contributed by atoms with Gasteiger partial charge in [-0.1, -0.05) is 47.9 Å². The first kappa shape index (κ1) is 38.0. The van der Waals surface area contributed by atoms with Crippen LogP contribution in [0.4, 0.5) is 0 Å². The number of hydrogen-bond donors (Lipinski definition) is 2. The number of carboxylic acids is 2. The van der Waals surface area contributed by atoms with Crippen molar-refractivity contribution in [2.45, 2.75) is 40.0 Å². The first-order valence-electron chi connectivity index (χ1n) is 15.8. The van der Waals surface area contributed by atoms with Crippen molar-refractivity contribution in [1.29, 1.82) is 0 Å². The number of pyridine rings is 2. The number of carbonyl (C=O) groups is 4. The number of carbonyl (C=O) groups excluding carboxylic acids is 2. The number of nitrogens with zero attached hydrogens (tertiary/aromatic N) is 4. The standard InChI is InChI=1S/C40H34N4O8/c1-3-8-30-17-35(41-37(19-30)40(49)50)24-44(26-51-27-45)22-34-15-32(13-12-29-10-6-5-7-11-29)14-33(16-34)21-43(25-39(47)48)23-36-18-31(9-4-2)20-38(42-36)52-28-46/h5-7,10-11,14-20,27-28H,21-26H2,1-2H3,(H,47,48)(H,49,50). The third kappa shape index (κ3) is 12.3. The van der Waals surface area contributed by atoms with Gasteiger partial charge < -0.3 is 19.7 Å². The second-order valence-electron chi connectivity index (χ2n) is 11.3. The number of carboxylic acid groups (broad SMARTS) is 2. The molecule has 4 rings (SSSR count). The van der Waals surface area contributed by atoms with Crippen LogP contribution in [0, 0.1) is 35.5 Å². The molecule has 0 aliphatic rings. The van der Waals surface area contributed by atoms with Crippen LogP contribution in [-0.2, 0) is 45.3 Å². The first-order chi connectivity index (χ1) is 25.2. The predicted octanol–water partition coefficient (Wildman–Crippen LogP) is 4.07. The summed E-state index contributed by atoms with van der Waals surface area (Å²) in [6.45, 7) is 4.00. The highest BCUT2D eigenvalue weighted by molar-refractivity contribution is 5.85. The van der Waals surface area contributed by atoms with Crippen LogP contribution in [0.5, 0.6) is 5.88 Å². The molecule has 2 N–H and O–H groups in total. The molecule has 0 bridgehead atoms. The fraction of sp³-hybridized carbons (Fsp3) is 0.200. The average Bonchev–Trinajstić information content (AvgIpc) is 3.10. The van der Waals surface area contributed by atoms with Crippen LogP contribution < -0.4 is 4.74 Å². The van der Waals surface area contributed by atoms with E-state index >= 15 is 0 Å². The van der Waals surface area contributed by atoms with E-state index in [4.69, 9.17) is 9.47 Å². The Bertz CT molecular complexity index is 2120. The van der Waals surface area contributed by atoms with E-state index in [1.165, 1.54) is 12.1 Å². The Kier molecular flexibility index (Phi) is 14.2. The summed E-state index contributed by atoms with van der Waals surface area (Å²) in [6, 6.07) is 21.3. The summed E-state index contributed by atoms with van der Waals surface area (Å²) in [5.41, 5.74) is 4.64. The lowest BCUT2D eigenvalue weighted by Gasteiger charge is -2.23. The van der Waals surface area contributed by atoms with Crippen molar-refractivity contribution in [2.24, 2.45) is 0 Å². The van der Waals surface area contributed by atoms with Crippen LogP contribution in [0.25, 0.3) is 0 Å². The summed E-state index contributed by atoms with van der Waals surface area (Å²) < 4.78 is 10.1. The SMILES string of the molecule is CC#Cc1cc(CN(CC(=O)O)Cc2cc(C#Cc3ccccc3)cc(CN(COC=O)Cc3cc(C#CC)cc(C(=O)O)n3)c2)nc(OC=O)c1. The molecule has 12 nitrogen and oxygen atoms in total. The van der Waals surface area contributed by atoms with Gasteiger partial charge in [0.15, 0.2) is 0 Å². The van der Waals surface area contributed by atoms with Gasteiger partial charge in [0.05, 0.1) is 17.9 Å². The van der Waals surface area contributed by atoms with Crippen LogP contribution in [0.1, 0.15) is 69.1 Å². The highest BCUT2D eigenvalue weighted by Gasteiger charge is 2.17. The van der Waals surface area contributed by atoms with E-state index in [9.17, 15) is 29.4 Å². The number of aromatic nitrogens is 2. The molecular formula is C40H34N4O8. The summed E-state index contributed by atoms with van der Waals surface area (Å²) in [5, 5.41) is 19.4. The lowest BCUT2D eigenvalue weighted by molar-refractivity contribution is -0.138. The Morgan fingerprint density at radius 3 is 1.90 bits per heavy atom. The fourth-order valence-corrected chi connectivity index (χ4v) is 5.26. The van der Waals surface area contributed by atoms with Crippen molar-refractivity contribution in [3.63, 3.8) is 0 Å². The van der Waals surface area contributed by atoms with Gasteiger partial charge in [-0.2, -0.15) is 0 Å². The van der Waals surface area contributed by atoms with E-state index in [-0.39, 0.29) is 57.5 Å². The molecule has 0 amide bonds. The highest BCUT2D eigenvalue weighted by atomic mass is 16.5. The molecule has 0 fully saturated rings. The van der Waals surface area contributed by atoms with Gasteiger partial charge in [0, 0.05) is 54.5 Å². The Hall–Kier alpha value is -6.78. The molecule has 4 aromatic rings. The summed E-state index contributed by atoms with van der Waals surface area (Å²) in [6.07, 6.45) is 0. The fourth-order valence-electron chi connectivity index (χ4n) is 5.26. The predicted molar refractivity (Wildman–Crippen MR) is 189 cm³/mol. The van der Waals surface area contributed by atoms with E-state index in [0.29, 0.717) is 34.6 Å². The zero-order chi connectivity index (χ0) is 37.3. The summed E-state index contributed by atoms with van der Waals surface area (Å²) >= 11 is 0. The van der Waals surface area contributed by atoms with E-state index in [1.54, 1.807) is 35.8 Å². The van der Waals surface area contributed by atoms with Gasteiger partial charge in [0.2, 0.25) is 5.88 Å². The molecule has 12 heteroatoms. The smallest absolute Gasteiger partial charge is 0.354 e. The molecule has 2 heterocycles. The minimum absolute atomic E-state index is 0.0378. The van der Waals surface area contributed by atoms with Gasteiger partial charge >= 0.3 is 11.9 Å². The number of hydrogen-bond acceptors (Lipinski definition) is 10. The molecule has 0 atom stereocenters. The lowest BCUT2D eigenvalue weighted by atomic mass is 10.0. The monoisotopic (exact) mass is 698 g/mol. The largest absolute Gasteiger partial charge is 0.480 e. The summed E-state index contributed by atoms with van der Waals surface area (Å²) in [4.78, 5) is 58.1. The summed E-state index contributed by atoms with van der Waals surface area (Å²) in [5.74, 6) is 15.4. The molecule has 0 aliphatic carbocycles. The molecule has 0 unspecified atom stereocenters. The third-order valence-corrected chi connectivity index (χ3v) is 7.11. The molecule has 2 aromatic carbocycles. The maximum atomic E-state index is 12.0. The molecule has 0 radical (unpaired) electrons. The van der Waals surface area contributed by atoms with Crippen LogP contribution >= 0.6 is 0 Å². The maximum absolute atomic E-state index is 12.0. The van der Waals surface area contributed by atoms with E-state index < -0.39 is 11.9 Å². The van der Waals surface area contributed by atoms with Gasteiger partial charge in [-0.3, -0.25) is 24.2 Å². The number of aliphatic carboxylic acids is 1. The second-order valence-corrected chi connectivity index (χ2v) is 11.3. The second kappa shape index (κ2) is 19.4. The van der Waals surface area contributed by atoms with Crippen LogP contribution in [0.15, 0.2) is 72.8 Å². The topological polar surface area (TPSA) is 159 Å². The van der Waals surface area contributed by atoms with Gasteiger partial charge in [-0.15, -0.1) is 11.8 Å². The minimum Gasteiger partial charge on any atom is -0.480 e. The minimum atomic E-state index is -1.20. The van der Waals surface area contributed by atoms with Gasteiger partial charge in [-0.05, 0) is 67.4 Å². The van der Waals surface area contributed by atoms with Crippen molar-refractivity contribution in [3.05, 3.63) is 123 Å². The molecule has 0 saturated heterocycles. The lowest BCUT2D eigenvalue weighted by Crippen LogP contribution is -2.29. The van der Waals surface area contributed by atoms with E-state index in [2.05, 4.69) is 45.5 Å². The molecule has 262 valence electrons. The molecule has 0 spiro atoms. The number of benzene rings is 2. The first-order valence-corrected chi connectivity index (χ1v) is 15.8. The maximum Gasteiger partial charge on any atom is 0.354 e. The molecule has 2 aromatic heterocycles. The van der Waals surface area contributed by atoms with Crippen molar-refractivity contribution in [1.82, 2.24) is 19.8 Å². The van der Waals surface area contributed by atoms with Gasteiger partial charge in [-0.25, -0.2) is 14.8 Å². The van der Waals surface area contributed by atoms with E-state index in [1.807, 2.05) is 48.5 Å². The molecular weight excluding hydrogens is 664 g/mol. The quantitative estimate of drug-likeness (QED) is 0.0983. The molecule has 0 aliphatic heterocycles. The van der Waals surface area contributed by atoms with Crippen molar-refractivity contribution in [2.75, 3.05) is 13.3 Å². The van der Waals surface area contributed by atoms with Crippen LogP contribution in [0.2, 0.25) is 0 Å². The van der Waals surface area contributed by atoms with Crippen molar-refractivity contribution >= 4 is 24.9 Å². The van der Waals surface area contributed by atoms with Crippen LogP contribution in [0.3, 0.4) is 0 Å². The Balaban J connectivity index is 1.72. The van der Waals surface area contributed by atoms with Crippen LogP contribution in [-0.4, -0.2) is 68.1 Å². The zero-order valence-electron chi connectivity index (χ0n) is 28.5. The third-order valence-electron chi connectivity index (χ3n) is 7.11. The van der Waals surface area contributed by atoms with Crippen molar-refractivity contribution < 1.29 is 38.9 Å². The molecule has 52 heavy (non-hydrogen) atoms. The Morgan fingerprint density at radius 1 is 0.692 bits per heavy atom. The zero-order valence-corrected chi connectivity index (χ0v) is 28.5. The number of rotatable bonds is 16. The summed E-state index contributed by atoms with van der Waals surface area (Å²) in [7, 11) is 0. The normalized spacial score (nSPS) is 10.2. The average molecular weight is 699 g/mol. The Labute approximate surface area is 301 Å². The Morgan fingerprint density at radius 2 is 1.29 bits per heavy atom. The van der Waals surface area contributed by atoms with E-state index in [0.717, 1.165) is 16.7 Å².